The Kier molecular flexibility index (Phi) is 33.5. The molecule has 0 saturated carbocycles. The minimum Gasteiger partial charge on any atom is -0.619 e. The van der Waals surface area contributed by atoms with Crippen LogP contribution in [0.5, 0.6) is 57.5 Å². The lowest BCUT2D eigenvalue weighted by Crippen LogP contribution is -2.24. The van der Waals surface area contributed by atoms with Gasteiger partial charge in [-0.05, 0) is 112 Å². The summed E-state index contributed by atoms with van der Waals surface area (Å²) in [6.45, 7) is 0. The second-order valence-electron chi connectivity index (χ2n) is 25.3. The van der Waals surface area contributed by atoms with Crippen molar-refractivity contribution < 1.29 is 120 Å². The normalized spacial score (nSPS) is 12.1. The molecule has 0 atom stereocenters. The Morgan fingerprint density at radius 1 is 0.444 bits per heavy atom. The summed E-state index contributed by atoms with van der Waals surface area (Å²) >= 11 is 0. The van der Waals surface area contributed by atoms with Gasteiger partial charge in [0.2, 0.25) is 40.2 Å². The smallest absolute Gasteiger partial charge is 0.360 e. The molecule has 0 saturated heterocycles. The van der Waals surface area contributed by atoms with Crippen LogP contribution in [0, 0.1) is 134 Å². The van der Waals surface area contributed by atoms with Gasteiger partial charge in [-0.3, -0.25) is 85.3 Å². The summed E-state index contributed by atoms with van der Waals surface area (Å²) in [4.78, 5) is 147. The van der Waals surface area contributed by atoms with Crippen molar-refractivity contribution in [3.8, 4) is 93.9 Å². The molecule has 5 aromatic heterocycles. The molecule has 0 amide bonds. The maximum atomic E-state index is 11.6. The van der Waals surface area contributed by atoms with Crippen molar-refractivity contribution >= 4 is 110 Å². The van der Waals surface area contributed by atoms with Crippen molar-refractivity contribution in [3.63, 3.8) is 0 Å². The highest BCUT2D eigenvalue weighted by Crippen LogP contribution is 2.42. The number of nitro groups is 6. The van der Waals surface area contributed by atoms with E-state index in [4.69, 9.17) is 31.3 Å². The first-order valence-electron chi connectivity index (χ1n) is 35.4. The fraction of sp³-hybridized carbons (Fsp3) is 0. The third kappa shape index (κ3) is 26.6. The van der Waals surface area contributed by atoms with Crippen LogP contribution in [0.4, 0.5) is 28.4 Å². The van der Waals surface area contributed by atoms with E-state index >= 15 is 0 Å². The first-order chi connectivity index (χ1) is 64.0. The quantitative estimate of drug-likeness (QED) is 0.00513. The van der Waals surface area contributed by atoms with Crippen LogP contribution < -0.4 is 15.6 Å². The number of ketones is 2. The number of aromatic carboxylic acids is 2. The van der Waals surface area contributed by atoms with Gasteiger partial charge < -0.3 is 76.8 Å². The number of hydroxylamine groups is 2. The number of aromatic hydroxyl groups is 10. The van der Waals surface area contributed by atoms with Gasteiger partial charge in [-0.25, -0.2) is 49.5 Å². The first-order valence-corrected chi connectivity index (χ1v) is 35.4. The van der Waals surface area contributed by atoms with E-state index in [-0.39, 0.29) is 95.4 Å². The molecule has 1 aliphatic heterocycles. The van der Waals surface area contributed by atoms with Crippen LogP contribution in [0.15, 0.2) is 199 Å². The number of hydrogen-bond acceptors (Lipinski definition) is 45. The van der Waals surface area contributed by atoms with Crippen LogP contribution in [0.25, 0.3) is 58.2 Å². The summed E-state index contributed by atoms with van der Waals surface area (Å²) in [5.41, 5.74) is -5.06. The van der Waals surface area contributed by atoms with E-state index in [9.17, 15) is 157 Å². The molecule has 2 aliphatic rings. The zero-order valence-corrected chi connectivity index (χ0v) is 66.6. The maximum Gasteiger partial charge on any atom is 0.360 e. The zero-order chi connectivity index (χ0) is 99.9. The van der Waals surface area contributed by atoms with Crippen molar-refractivity contribution in [2.45, 2.75) is 0 Å². The van der Waals surface area contributed by atoms with E-state index in [1.165, 1.54) is 105 Å². The highest BCUT2D eigenvalue weighted by Gasteiger charge is 2.32. The summed E-state index contributed by atoms with van der Waals surface area (Å²) in [6.07, 6.45) is 24.9. The summed E-state index contributed by atoms with van der Waals surface area (Å²) < 4.78 is 0.511. The predicted octanol–water partition coefficient (Wildman–Crippen LogP) is 7.51. The lowest BCUT2D eigenvalue weighted by molar-refractivity contribution is -0.605. The molecule has 6 heterocycles. The number of rotatable bonds is 20. The van der Waals surface area contributed by atoms with E-state index in [0.717, 1.165) is 97.5 Å². The molecule has 0 unspecified atom stereocenters. The fourth-order valence-electron chi connectivity index (χ4n) is 10.3. The lowest BCUT2D eigenvalue weighted by atomic mass is 9.99. The van der Waals surface area contributed by atoms with Crippen molar-refractivity contribution in [2.24, 2.45) is 0 Å². The number of phenolic OH excluding ortho intramolecular Hbond substituents is 10. The number of carboxylic acid groups (broad SMARTS) is 2. The minimum absolute atomic E-state index is 0.00995. The molecule has 5 aromatic carbocycles. The summed E-state index contributed by atoms with van der Waals surface area (Å²) in [5, 5.41) is 256. The largest absolute Gasteiger partial charge is 0.619 e. The first kappa shape index (κ1) is 99.8. The maximum absolute atomic E-state index is 11.6. The van der Waals surface area contributed by atoms with E-state index in [1.54, 1.807) is 12.1 Å². The van der Waals surface area contributed by atoms with E-state index in [2.05, 4.69) is 50.2 Å². The van der Waals surface area contributed by atoms with Gasteiger partial charge in [0.25, 0.3) is 5.56 Å². The Hall–Kier alpha value is -22.3. The number of nitro benzene ring substituents is 5. The number of Topliss-reactive ketones (excluding diaryl/α,β-unsaturated/α-hetero) is 1. The average Bonchev–Trinajstić information content (AvgIpc) is 0.900. The SMILES string of the molecule is N#C/C(=C\C1=CC(=O)C(=O)C([N+](=O)[O-])=C1)C1=CN(O)C=CN1.N#C/C(=C\c1cc(O)c(O)c([N+](=O)[O-])c1)c1ccc[n+]([O-])c1.N#C/C(=C\c1cc(O)c(O)c([N+](=O)[O-])c1)c1cnc(C(=O)O)c(=O)[nH]1.N#C/C(=C\c1cc(O)c(O)c([N+](=O)[O-])c1)c1cnc(C(=O)O)cn1.N#C/C(=C\c1cc(O)c(O)c([N+](=O)[O-])c1)c1cncnc1.N#C/C(=C\c1cc(O)c(O)c([N+](=O)[O-])c1)c1ncncn1. The molecular weight excluding hydrogens is 1790 g/mol. The van der Waals surface area contributed by atoms with E-state index in [0.29, 0.717) is 20.9 Å². The summed E-state index contributed by atoms with van der Waals surface area (Å²) in [5.74, 6) is -12.8. The molecule has 0 bridgehead atoms. The summed E-state index contributed by atoms with van der Waals surface area (Å²) in [6, 6.07) is 24.2. The molecular formula is C80H48N24O31. The number of hydrogen-bond donors (Lipinski definition) is 15. The zero-order valence-electron chi connectivity index (χ0n) is 66.6. The number of nitriles is 6. The molecule has 12 rings (SSSR count). The standard InChI is InChI=1S/C14H8N4O7.C14H8N4O6.C14H9N3O5.C13H8N4O5.C13H8N4O4.C12H7N5O4/c15-4-7(8-5-16-11(14(22)23)13(21)17-8)1-6-2-9(18(24)25)12(20)10(19)3-6;15-4-8(9-5-17-10(6-16-9)14(21)22)1-7-2-11(18(23)24)13(20)12(19)3-7;15-7-11(10-2-1-3-16(20)8-10)4-9-5-12(17(21)22)14(19)13(18)6-9;14-6-9(10-7-16(20)2-1-15-10)3-8-4-11(17(21)22)13(19)12(18)5-8;14-4-9(10-5-15-7-16-6-10)1-8-2-11(17(20)21)13(19)12(18)3-8;13-4-8(12-15-5-14-6-16-12)1-7-2-9(17(20)21)11(19)10(18)3-7/h1-3,5,19-20H,(H,17,21)(H,22,23);1-3,5-6,19-20H,(H,21,22);1-6,8,18-19H;1-5,7,15,20H;1-3,5-7,18-19H;1-3,5-6,18-19H/b7-1+;8-1+;11-4+;9-3+;9-1+;8-1+. The topological polar surface area (TPSA) is 911 Å². The second kappa shape index (κ2) is 45.4. The van der Waals surface area contributed by atoms with E-state index in [1.807, 2.05) is 24.3 Å². The highest BCUT2D eigenvalue weighted by atomic mass is 16.7. The fourth-order valence-corrected chi connectivity index (χ4v) is 10.3. The monoisotopic (exact) mass is 1840 g/mol. The van der Waals surface area contributed by atoms with Crippen molar-refractivity contribution in [3.05, 3.63) is 338 Å². The highest BCUT2D eigenvalue weighted by molar-refractivity contribution is 6.47. The number of benzene rings is 5. The third-order valence-corrected chi connectivity index (χ3v) is 16.4. The molecule has 10 aromatic rings. The predicted molar refractivity (Wildman–Crippen MR) is 448 cm³/mol. The molecule has 55 nitrogen and oxygen atoms in total. The van der Waals surface area contributed by atoms with Crippen molar-refractivity contribution in [1.29, 1.82) is 31.6 Å². The molecule has 15 N–H and O–H groups in total. The van der Waals surface area contributed by atoms with Crippen LogP contribution in [0.2, 0.25) is 0 Å². The number of carbonyl (C=O) groups excluding carboxylic acids is 2. The number of pyridine rings is 1. The number of carbonyl (C=O) groups is 4. The van der Waals surface area contributed by atoms with Crippen molar-refractivity contribution in [1.82, 2.24) is 55.2 Å². The Morgan fingerprint density at radius 3 is 1.21 bits per heavy atom. The van der Waals surface area contributed by atoms with Crippen LogP contribution >= 0.6 is 0 Å². The lowest BCUT2D eigenvalue weighted by Gasteiger charge is -2.16. The molecule has 0 radical (unpaired) electrons. The second-order valence-corrected chi connectivity index (χ2v) is 25.3. The van der Waals surface area contributed by atoms with Crippen LogP contribution in [-0.4, -0.2) is 169 Å². The Morgan fingerprint density at radius 2 is 0.844 bits per heavy atom. The number of allylic oxidation sites excluding steroid dienone is 11. The molecule has 55 heteroatoms. The molecule has 1 aliphatic carbocycles. The van der Waals surface area contributed by atoms with Gasteiger partial charge in [0.05, 0.1) is 116 Å². The molecule has 0 spiro atoms. The number of nitrogens with zero attached hydrogens (tertiary/aromatic N) is 22. The Balaban J connectivity index is 0.000000221. The van der Waals surface area contributed by atoms with Gasteiger partial charge >= 0.3 is 51.9 Å². The molecule has 0 fully saturated rings. The number of aromatic amines is 1. The average molecular weight is 1840 g/mol. The number of H-pyrrole nitrogens is 1. The minimum atomic E-state index is -1.55. The Labute approximate surface area is 746 Å². The van der Waals surface area contributed by atoms with Gasteiger partial charge in [0.1, 0.15) is 49.3 Å². The third-order valence-electron chi connectivity index (χ3n) is 16.4. The molecule has 135 heavy (non-hydrogen) atoms. The van der Waals surface area contributed by atoms with Crippen LogP contribution in [-0.2, 0) is 9.59 Å². The van der Waals surface area contributed by atoms with Crippen molar-refractivity contribution in [2.75, 3.05) is 0 Å². The van der Waals surface area contributed by atoms with Crippen LogP contribution in [0.1, 0.15) is 77.1 Å². The number of nitrogens with one attached hydrogen (secondary N) is 2. The number of carboxylic acids is 2. The summed E-state index contributed by atoms with van der Waals surface area (Å²) in [7, 11) is 0. The molecule has 674 valence electrons. The number of aromatic nitrogens is 10. The van der Waals surface area contributed by atoms with E-state index < -0.39 is 156 Å². The van der Waals surface area contributed by atoms with Crippen LogP contribution in [0.3, 0.4) is 0 Å². The van der Waals surface area contributed by atoms with Gasteiger partial charge in [-0.15, -0.1) is 0 Å². The van der Waals surface area contributed by atoms with Gasteiger partial charge in [-0.2, -0.15) is 36.3 Å². The number of phenols is 10. The van der Waals surface area contributed by atoms with Gasteiger partial charge in [-0.1, -0.05) is 0 Å². The Bertz CT molecular complexity index is 7100. The van der Waals surface area contributed by atoms with Gasteiger partial charge in [0.15, 0.2) is 52.7 Å². The van der Waals surface area contributed by atoms with Gasteiger partial charge in [0, 0.05) is 72.8 Å².